The van der Waals surface area contributed by atoms with E-state index >= 15 is 0 Å². The fourth-order valence-corrected chi connectivity index (χ4v) is 1.62. The fourth-order valence-electron chi connectivity index (χ4n) is 1.62. The molecule has 1 aromatic heterocycles. The second kappa shape index (κ2) is 5.71. The molecule has 0 fully saturated rings. The number of hydrogen-bond donors (Lipinski definition) is 1. The Bertz CT molecular complexity index is 552. The Morgan fingerprint density at radius 2 is 2.16 bits per heavy atom. The molecule has 1 heterocycles. The summed E-state index contributed by atoms with van der Waals surface area (Å²) in [5.41, 5.74) is 6.81. The molecule has 0 amide bonds. The van der Waals surface area contributed by atoms with Crippen LogP contribution in [0.1, 0.15) is 30.2 Å². The first-order valence-corrected chi connectivity index (χ1v) is 5.95. The van der Waals surface area contributed by atoms with Crippen LogP contribution in [0.2, 0.25) is 0 Å². The second-order valence-corrected chi connectivity index (χ2v) is 4.22. The van der Waals surface area contributed by atoms with Gasteiger partial charge in [0.2, 0.25) is 0 Å². The third-order valence-corrected chi connectivity index (χ3v) is 2.63. The SMILES string of the molecule is COc1cc(C(C)N)ccc1OCc1nc(C)no1. The van der Waals surface area contributed by atoms with Gasteiger partial charge in [-0.1, -0.05) is 11.2 Å². The Labute approximate surface area is 111 Å². The van der Waals surface area contributed by atoms with Crippen LogP contribution in [0.3, 0.4) is 0 Å². The van der Waals surface area contributed by atoms with Gasteiger partial charge in [0.15, 0.2) is 23.9 Å². The maximum Gasteiger partial charge on any atom is 0.264 e. The van der Waals surface area contributed by atoms with Crippen LogP contribution < -0.4 is 15.2 Å². The minimum atomic E-state index is -0.0541. The number of benzene rings is 1. The molecule has 2 N–H and O–H groups in total. The first-order chi connectivity index (χ1) is 9.10. The highest BCUT2D eigenvalue weighted by Crippen LogP contribution is 2.30. The number of nitrogens with zero attached hydrogens (tertiary/aromatic N) is 2. The van der Waals surface area contributed by atoms with Gasteiger partial charge in [-0.15, -0.1) is 0 Å². The number of ether oxygens (including phenoxy) is 2. The van der Waals surface area contributed by atoms with Crippen LogP contribution in [0.4, 0.5) is 0 Å². The smallest absolute Gasteiger partial charge is 0.264 e. The molecule has 0 saturated heterocycles. The Hall–Kier alpha value is -2.08. The zero-order valence-electron chi connectivity index (χ0n) is 11.2. The summed E-state index contributed by atoms with van der Waals surface area (Å²) >= 11 is 0. The van der Waals surface area contributed by atoms with Crippen molar-refractivity contribution >= 4 is 0 Å². The lowest BCUT2D eigenvalue weighted by Crippen LogP contribution is -2.05. The molecule has 2 aromatic rings. The van der Waals surface area contributed by atoms with Crippen molar-refractivity contribution in [2.24, 2.45) is 5.73 Å². The minimum absolute atomic E-state index is 0.0541. The van der Waals surface area contributed by atoms with Crippen molar-refractivity contribution in [3.8, 4) is 11.5 Å². The van der Waals surface area contributed by atoms with E-state index in [2.05, 4.69) is 10.1 Å². The van der Waals surface area contributed by atoms with E-state index in [0.717, 1.165) is 5.56 Å². The molecule has 19 heavy (non-hydrogen) atoms. The Morgan fingerprint density at radius 3 is 2.74 bits per heavy atom. The van der Waals surface area contributed by atoms with Gasteiger partial charge in [-0.05, 0) is 31.5 Å². The molecular weight excluding hydrogens is 246 g/mol. The molecule has 0 aliphatic rings. The Morgan fingerprint density at radius 1 is 1.37 bits per heavy atom. The average Bonchev–Trinajstić information content (AvgIpc) is 2.81. The van der Waals surface area contributed by atoms with Gasteiger partial charge in [0.05, 0.1) is 7.11 Å². The lowest BCUT2D eigenvalue weighted by molar-refractivity contribution is 0.233. The summed E-state index contributed by atoms with van der Waals surface area (Å²) in [6.07, 6.45) is 0. The average molecular weight is 263 g/mol. The number of nitrogens with two attached hydrogens (primary N) is 1. The molecule has 0 aliphatic heterocycles. The maximum absolute atomic E-state index is 5.83. The summed E-state index contributed by atoms with van der Waals surface area (Å²) in [5.74, 6) is 2.25. The molecule has 1 atom stereocenters. The molecule has 0 aliphatic carbocycles. The molecular formula is C13H17N3O3. The summed E-state index contributed by atoms with van der Waals surface area (Å²) in [6.45, 7) is 3.87. The van der Waals surface area contributed by atoms with E-state index in [4.69, 9.17) is 19.7 Å². The van der Waals surface area contributed by atoms with Gasteiger partial charge >= 0.3 is 0 Å². The fraction of sp³-hybridized carbons (Fsp3) is 0.385. The molecule has 1 aromatic carbocycles. The van der Waals surface area contributed by atoms with E-state index < -0.39 is 0 Å². The standard InChI is InChI=1S/C13H17N3O3/c1-8(14)10-4-5-11(12(6-10)17-3)18-7-13-15-9(2)16-19-13/h4-6,8H,7,14H2,1-3H3. The van der Waals surface area contributed by atoms with E-state index in [0.29, 0.717) is 23.2 Å². The van der Waals surface area contributed by atoms with E-state index in [1.165, 1.54) is 0 Å². The molecule has 0 spiro atoms. The lowest BCUT2D eigenvalue weighted by atomic mass is 10.1. The molecule has 102 valence electrons. The molecule has 1 unspecified atom stereocenters. The van der Waals surface area contributed by atoms with Crippen molar-refractivity contribution in [1.29, 1.82) is 0 Å². The van der Waals surface area contributed by atoms with Crippen LogP contribution in [0, 0.1) is 6.92 Å². The van der Waals surface area contributed by atoms with Crippen molar-refractivity contribution in [3.63, 3.8) is 0 Å². The van der Waals surface area contributed by atoms with Crippen LogP contribution in [-0.2, 0) is 6.61 Å². The third kappa shape index (κ3) is 3.23. The number of aryl methyl sites for hydroxylation is 1. The van der Waals surface area contributed by atoms with Crippen molar-refractivity contribution in [1.82, 2.24) is 10.1 Å². The van der Waals surface area contributed by atoms with Gasteiger partial charge in [-0.25, -0.2) is 0 Å². The van der Waals surface area contributed by atoms with Crippen molar-refractivity contribution < 1.29 is 14.0 Å². The Kier molecular flexibility index (Phi) is 4.01. The van der Waals surface area contributed by atoms with Crippen molar-refractivity contribution in [2.75, 3.05) is 7.11 Å². The zero-order valence-corrected chi connectivity index (χ0v) is 11.2. The highest BCUT2D eigenvalue weighted by molar-refractivity contribution is 5.43. The minimum Gasteiger partial charge on any atom is -0.493 e. The summed E-state index contributed by atoms with van der Waals surface area (Å²) < 4.78 is 15.9. The van der Waals surface area contributed by atoms with Gasteiger partial charge < -0.3 is 19.7 Å². The number of methoxy groups -OCH3 is 1. The molecule has 0 radical (unpaired) electrons. The summed E-state index contributed by atoms with van der Waals surface area (Å²) in [7, 11) is 1.59. The highest BCUT2D eigenvalue weighted by Gasteiger charge is 2.10. The zero-order chi connectivity index (χ0) is 13.8. The van der Waals surface area contributed by atoms with Crippen LogP contribution in [0.25, 0.3) is 0 Å². The molecule has 0 saturated carbocycles. The third-order valence-electron chi connectivity index (χ3n) is 2.63. The number of hydrogen-bond acceptors (Lipinski definition) is 6. The van der Waals surface area contributed by atoms with E-state index in [1.54, 1.807) is 14.0 Å². The van der Waals surface area contributed by atoms with E-state index in [9.17, 15) is 0 Å². The van der Waals surface area contributed by atoms with Crippen LogP contribution in [0.15, 0.2) is 22.7 Å². The van der Waals surface area contributed by atoms with Gasteiger partial charge in [-0.2, -0.15) is 4.98 Å². The molecule has 6 heteroatoms. The van der Waals surface area contributed by atoms with Gasteiger partial charge in [0.1, 0.15) is 0 Å². The second-order valence-electron chi connectivity index (χ2n) is 4.22. The quantitative estimate of drug-likeness (QED) is 0.888. The maximum atomic E-state index is 5.83. The predicted molar refractivity (Wildman–Crippen MR) is 69.0 cm³/mol. The monoisotopic (exact) mass is 263 g/mol. The summed E-state index contributed by atoms with van der Waals surface area (Å²) in [6, 6.07) is 5.53. The predicted octanol–water partition coefficient (Wildman–Crippen LogP) is 1.99. The number of rotatable bonds is 5. The largest absolute Gasteiger partial charge is 0.493 e. The van der Waals surface area contributed by atoms with Gasteiger partial charge in [0.25, 0.3) is 5.89 Å². The summed E-state index contributed by atoms with van der Waals surface area (Å²) in [5, 5.41) is 3.69. The van der Waals surface area contributed by atoms with Crippen LogP contribution >= 0.6 is 0 Å². The first-order valence-electron chi connectivity index (χ1n) is 5.95. The summed E-state index contributed by atoms with van der Waals surface area (Å²) in [4.78, 5) is 4.06. The van der Waals surface area contributed by atoms with Gasteiger partial charge in [0, 0.05) is 6.04 Å². The molecule has 2 rings (SSSR count). The molecule has 0 bridgehead atoms. The first kappa shape index (κ1) is 13.4. The van der Waals surface area contributed by atoms with Crippen molar-refractivity contribution in [2.45, 2.75) is 26.5 Å². The molecule has 6 nitrogen and oxygen atoms in total. The van der Waals surface area contributed by atoms with Gasteiger partial charge in [-0.3, -0.25) is 0 Å². The Balaban J connectivity index is 2.11. The number of aromatic nitrogens is 2. The van der Waals surface area contributed by atoms with Crippen LogP contribution in [0.5, 0.6) is 11.5 Å². The normalized spacial score (nSPS) is 12.2. The van der Waals surface area contributed by atoms with Crippen LogP contribution in [-0.4, -0.2) is 17.3 Å². The van der Waals surface area contributed by atoms with Crippen molar-refractivity contribution in [3.05, 3.63) is 35.5 Å². The topological polar surface area (TPSA) is 83.4 Å². The van der Waals surface area contributed by atoms with E-state index in [1.807, 2.05) is 25.1 Å². The lowest BCUT2D eigenvalue weighted by Gasteiger charge is -2.12. The highest BCUT2D eigenvalue weighted by atomic mass is 16.5. The van der Waals surface area contributed by atoms with E-state index in [-0.39, 0.29) is 12.6 Å².